The zero-order chi connectivity index (χ0) is 21.2. The van der Waals surface area contributed by atoms with E-state index >= 15 is 0 Å². The molecule has 0 saturated carbocycles. The molecule has 2 amide bonds. The second-order valence-corrected chi connectivity index (χ2v) is 8.25. The highest BCUT2D eigenvalue weighted by Gasteiger charge is 2.26. The van der Waals surface area contributed by atoms with E-state index in [9.17, 15) is 14.4 Å². The van der Waals surface area contributed by atoms with Crippen molar-refractivity contribution in [2.45, 2.75) is 33.3 Å². The molecule has 1 aromatic heterocycles. The Hall–Kier alpha value is -2.87. The van der Waals surface area contributed by atoms with E-state index in [2.05, 4.69) is 5.32 Å². The van der Waals surface area contributed by atoms with Gasteiger partial charge in [-0.05, 0) is 45.4 Å². The molecule has 2 heterocycles. The molecule has 1 N–H and O–H groups in total. The minimum atomic E-state index is -0.522. The van der Waals surface area contributed by atoms with E-state index in [0.717, 1.165) is 10.9 Å². The highest BCUT2D eigenvalue weighted by molar-refractivity contribution is 5.94. The molecule has 8 heteroatoms. The fourth-order valence-corrected chi connectivity index (χ4v) is 3.22. The molecule has 3 rings (SSSR count). The number of rotatable bonds is 3. The Morgan fingerprint density at radius 3 is 2.48 bits per heavy atom. The van der Waals surface area contributed by atoms with E-state index in [4.69, 9.17) is 9.15 Å². The SMILES string of the molecule is Cc1cc(=O)oc2cc(NC(=O)CN3CCN(C(=O)OC(C)(C)C)CC3)ccc12. The van der Waals surface area contributed by atoms with Gasteiger partial charge in [0.2, 0.25) is 5.91 Å². The van der Waals surface area contributed by atoms with E-state index in [1.807, 2.05) is 38.7 Å². The number of benzene rings is 1. The third-order valence-electron chi connectivity index (χ3n) is 4.63. The highest BCUT2D eigenvalue weighted by Crippen LogP contribution is 2.20. The molecule has 29 heavy (non-hydrogen) atoms. The Kier molecular flexibility index (Phi) is 5.93. The minimum Gasteiger partial charge on any atom is -0.444 e. The van der Waals surface area contributed by atoms with Crippen molar-refractivity contribution in [3.8, 4) is 0 Å². The number of hydrogen-bond donors (Lipinski definition) is 1. The van der Waals surface area contributed by atoms with Crippen LogP contribution in [0.4, 0.5) is 10.5 Å². The zero-order valence-electron chi connectivity index (χ0n) is 17.3. The number of nitrogens with zero attached hydrogens (tertiary/aromatic N) is 2. The maximum absolute atomic E-state index is 12.4. The van der Waals surface area contributed by atoms with Crippen LogP contribution in [-0.2, 0) is 9.53 Å². The van der Waals surface area contributed by atoms with Gasteiger partial charge in [0.1, 0.15) is 11.2 Å². The first kappa shape index (κ1) is 20.9. The second kappa shape index (κ2) is 8.24. The van der Waals surface area contributed by atoms with Crippen LogP contribution in [0.25, 0.3) is 11.0 Å². The maximum Gasteiger partial charge on any atom is 0.410 e. The average molecular weight is 401 g/mol. The number of aryl methyl sites for hydroxylation is 1. The lowest BCUT2D eigenvalue weighted by molar-refractivity contribution is -0.117. The fourth-order valence-electron chi connectivity index (χ4n) is 3.22. The summed E-state index contributed by atoms with van der Waals surface area (Å²) in [5.74, 6) is -0.162. The van der Waals surface area contributed by atoms with Crippen molar-refractivity contribution in [2.24, 2.45) is 0 Å². The molecule has 1 aliphatic rings. The van der Waals surface area contributed by atoms with Gasteiger partial charge in [-0.15, -0.1) is 0 Å². The van der Waals surface area contributed by atoms with Gasteiger partial charge in [0.05, 0.1) is 6.54 Å². The number of carbonyl (C=O) groups excluding carboxylic acids is 2. The molecule has 8 nitrogen and oxygen atoms in total. The third kappa shape index (κ3) is 5.57. The zero-order valence-corrected chi connectivity index (χ0v) is 17.3. The average Bonchev–Trinajstić information content (AvgIpc) is 2.60. The summed E-state index contributed by atoms with van der Waals surface area (Å²) in [6.07, 6.45) is -0.324. The molecular weight excluding hydrogens is 374 g/mol. The molecule has 0 bridgehead atoms. The van der Waals surface area contributed by atoms with Crippen LogP contribution in [0.2, 0.25) is 0 Å². The molecule has 156 valence electrons. The molecule has 1 fully saturated rings. The van der Waals surface area contributed by atoms with E-state index in [1.165, 1.54) is 6.07 Å². The van der Waals surface area contributed by atoms with Crippen molar-refractivity contribution < 1.29 is 18.7 Å². The molecule has 0 aliphatic carbocycles. The van der Waals surface area contributed by atoms with Crippen LogP contribution in [0, 0.1) is 6.92 Å². The Morgan fingerprint density at radius 1 is 1.14 bits per heavy atom. The van der Waals surface area contributed by atoms with Crippen LogP contribution >= 0.6 is 0 Å². The summed E-state index contributed by atoms with van der Waals surface area (Å²) in [6, 6.07) is 6.70. The maximum atomic E-state index is 12.4. The summed E-state index contributed by atoms with van der Waals surface area (Å²) < 4.78 is 10.6. The number of nitrogens with one attached hydrogen (secondary N) is 1. The lowest BCUT2D eigenvalue weighted by Crippen LogP contribution is -2.51. The lowest BCUT2D eigenvalue weighted by Gasteiger charge is -2.35. The Bertz CT molecular complexity index is 968. The van der Waals surface area contributed by atoms with Crippen LogP contribution in [0.3, 0.4) is 0 Å². The number of hydrogen-bond acceptors (Lipinski definition) is 6. The van der Waals surface area contributed by atoms with Crippen molar-refractivity contribution in [3.63, 3.8) is 0 Å². The first-order chi connectivity index (χ1) is 13.6. The largest absolute Gasteiger partial charge is 0.444 e. The van der Waals surface area contributed by atoms with Gasteiger partial charge >= 0.3 is 11.7 Å². The quantitative estimate of drug-likeness (QED) is 0.795. The summed E-state index contributed by atoms with van der Waals surface area (Å²) in [6.45, 7) is 9.80. The van der Waals surface area contributed by atoms with Crippen molar-refractivity contribution in [3.05, 3.63) is 40.2 Å². The van der Waals surface area contributed by atoms with E-state index in [-0.39, 0.29) is 18.5 Å². The Labute approximate surface area is 169 Å². The summed E-state index contributed by atoms with van der Waals surface area (Å²) in [4.78, 5) is 39.7. The monoisotopic (exact) mass is 401 g/mol. The van der Waals surface area contributed by atoms with Crippen molar-refractivity contribution >= 4 is 28.7 Å². The van der Waals surface area contributed by atoms with Gasteiger partial charge < -0.3 is 19.4 Å². The number of carbonyl (C=O) groups is 2. The van der Waals surface area contributed by atoms with Crippen molar-refractivity contribution in [1.82, 2.24) is 9.80 Å². The number of fused-ring (bicyclic) bond motifs is 1. The normalized spacial score (nSPS) is 15.4. The second-order valence-electron chi connectivity index (χ2n) is 8.25. The van der Waals surface area contributed by atoms with Gasteiger partial charge in [-0.25, -0.2) is 9.59 Å². The van der Waals surface area contributed by atoms with Crippen molar-refractivity contribution in [1.29, 1.82) is 0 Å². The highest BCUT2D eigenvalue weighted by atomic mass is 16.6. The lowest BCUT2D eigenvalue weighted by atomic mass is 10.1. The van der Waals surface area contributed by atoms with Crippen molar-refractivity contribution in [2.75, 3.05) is 38.0 Å². The van der Waals surface area contributed by atoms with Crippen LogP contribution in [0.5, 0.6) is 0 Å². The third-order valence-corrected chi connectivity index (χ3v) is 4.63. The standard InChI is InChI=1S/C21H27N3O5/c1-14-11-19(26)28-17-12-15(5-6-16(14)17)22-18(25)13-23-7-9-24(10-8-23)20(27)29-21(2,3)4/h5-6,11-12H,7-10,13H2,1-4H3,(H,22,25). The molecule has 1 aliphatic heterocycles. The number of amides is 2. The first-order valence-corrected chi connectivity index (χ1v) is 9.65. The molecule has 0 unspecified atom stereocenters. The molecule has 2 aromatic rings. The molecule has 1 saturated heterocycles. The van der Waals surface area contributed by atoms with Gasteiger partial charge in [-0.1, -0.05) is 0 Å². The smallest absolute Gasteiger partial charge is 0.410 e. The van der Waals surface area contributed by atoms with Crippen LogP contribution < -0.4 is 10.9 Å². The summed E-state index contributed by atoms with van der Waals surface area (Å²) >= 11 is 0. The number of anilines is 1. The Morgan fingerprint density at radius 2 is 1.83 bits per heavy atom. The molecule has 0 radical (unpaired) electrons. The number of ether oxygens (including phenoxy) is 1. The summed E-state index contributed by atoms with van der Waals surface area (Å²) in [5.41, 5.74) is 0.909. The van der Waals surface area contributed by atoms with Crippen LogP contribution in [0.15, 0.2) is 33.5 Å². The number of piperazine rings is 1. The summed E-state index contributed by atoms with van der Waals surface area (Å²) in [5, 5.41) is 3.67. The summed E-state index contributed by atoms with van der Waals surface area (Å²) in [7, 11) is 0. The van der Waals surface area contributed by atoms with E-state index in [0.29, 0.717) is 37.4 Å². The van der Waals surface area contributed by atoms with Gasteiger partial charge in [-0.3, -0.25) is 9.69 Å². The fraction of sp³-hybridized carbons (Fsp3) is 0.476. The minimum absolute atomic E-state index is 0.162. The topological polar surface area (TPSA) is 92.1 Å². The molecule has 0 atom stereocenters. The predicted octanol–water partition coefficient (Wildman–Crippen LogP) is 2.59. The molecule has 0 spiro atoms. The molecule has 1 aromatic carbocycles. The van der Waals surface area contributed by atoms with Gasteiger partial charge in [-0.2, -0.15) is 0 Å². The van der Waals surface area contributed by atoms with Crippen LogP contribution in [0.1, 0.15) is 26.3 Å². The van der Waals surface area contributed by atoms with Gasteiger partial charge in [0.15, 0.2) is 0 Å². The molecular formula is C21H27N3O5. The first-order valence-electron chi connectivity index (χ1n) is 9.65. The van der Waals surface area contributed by atoms with Crippen LogP contribution in [-0.4, -0.2) is 60.1 Å². The predicted molar refractivity (Wildman–Crippen MR) is 110 cm³/mol. The van der Waals surface area contributed by atoms with Gasteiger partial charge in [0, 0.05) is 49.4 Å². The Balaban J connectivity index is 1.53. The van der Waals surface area contributed by atoms with E-state index in [1.54, 1.807) is 17.0 Å². The van der Waals surface area contributed by atoms with E-state index < -0.39 is 11.2 Å². The van der Waals surface area contributed by atoms with Gasteiger partial charge in [0.25, 0.3) is 0 Å².